The highest BCUT2D eigenvalue weighted by molar-refractivity contribution is 5.45. The molecule has 1 aliphatic heterocycles. The summed E-state index contributed by atoms with van der Waals surface area (Å²) in [5.41, 5.74) is 9.11. The fraction of sp³-hybridized carbons (Fsp3) is 0.333. The van der Waals surface area contributed by atoms with Crippen LogP contribution in [0, 0.1) is 0 Å². The van der Waals surface area contributed by atoms with Crippen molar-refractivity contribution in [2.24, 2.45) is 5.73 Å². The predicted octanol–water partition coefficient (Wildman–Crippen LogP) is 1.88. The summed E-state index contributed by atoms with van der Waals surface area (Å²) in [7, 11) is 0. The van der Waals surface area contributed by atoms with Gasteiger partial charge in [0.15, 0.2) is 0 Å². The fourth-order valence-corrected chi connectivity index (χ4v) is 1.57. The van der Waals surface area contributed by atoms with Gasteiger partial charge < -0.3 is 11.1 Å². The molecular weight excluding hydrogens is 172 g/mol. The molecule has 0 saturated heterocycles. The lowest BCUT2D eigenvalue weighted by molar-refractivity contribution is 0.708. The number of hydrogen-bond donors (Lipinski definition) is 2. The first kappa shape index (κ1) is 10.8. The Hall–Kier alpha value is -1.28. The van der Waals surface area contributed by atoms with E-state index in [0.717, 1.165) is 30.8 Å². The molecule has 0 saturated carbocycles. The average molecular weight is 190 g/mol. The Morgan fingerprint density at radius 3 is 2.93 bits per heavy atom. The normalized spacial score (nSPS) is 19.1. The van der Waals surface area contributed by atoms with Gasteiger partial charge in [0.2, 0.25) is 0 Å². The third kappa shape index (κ3) is 2.60. The SMILES string of the molecule is C=C/C(C1=CCNCC1)=C(N)\C=C/C. The molecule has 0 amide bonds. The lowest BCUT2D eigenvalue weighted by Gasteiger charge is -2.16. The molecule has 0 aromatic carbocycles. The Labute approximate surface area is 85.9 Å². The number of allylic oxidation sites excluding steroid dienone is 4. The zero-order valence-electron chi connectivity index (χ0n) is 8.72. The van der Waals surface area contributed by atoms with Crippen LogP contribution in [0.1, 0.15) is 13.3 Å². The van der Waals surface area contributed by atoms with Gasteiger partial charge in [-0.2, -0.15) is 0 Å². The van der Waals surface area contributed by atoms with E-state index in [1.165, 1.54) is 5.57 Å². The highest BCUT2D eigenvalue weighted by Gasteiger charge is 2.07. The minimum Gasteiger partial charge on any atom is -0.398 e. The maximum atomic E-state index is 5.93. The molecule has 0 aromatic heterocycles. The number of nitrogens with one attached hydrogen (secondary N) is 1. The van der Waals surface area contributed by atoms with Gasteiger partial charge in [0.25, 0.3) is 0 Å². The number of hydrogen-bond acceptors (Lipinski definition) is 2. The molecule has 0 bridgehead atoms. The van der Waals surface area contributed by atoms with E-state index >= 15 is 0 Å². The summed E-state index contributed by atoms with van der Waals surface area (Å²) in [5.74, 6) is 0. The van der Waals surface area contributed by atoms with Crippen molar-refractivity contribution in [3.63, 3.8) is 0 Å². The maximum Gasteiger partial charge on any atom is 0.0386 e. The van der Waals surface area contributed by atoms with E-state index in [0.29, 0.717) is 0 Å². The quantitative estimate of drug-likeness (QED) is 0.667. The van der Waals surface area contributed by atoms with E-state index in [1.807, 2.05) is 25.2 Å². The summed E-state index contributed by atoms with van der Waals surface area (Å²) in [6, 6.07) is 0. The molecule has 3 N–H and O–H groups in total. The third-order valence-electron chi connectivity index (χ3n) is 2.27. The smallest absolute Gasteiger partial charge is 0.0386 e. The molecule has 1 rings (SSSR count). The van der Waals surface area contributed by atoms with Crippen molar-refractivity contribution in [2.45, 2.75) is 13.3 Å². The summed E-state index contributed by atoms with van der Waals surface area (Å²) >= 11 is 0. The number of nitrogens with two attached hydrogens (primary N) is 1. The van der Waals surface area contributed by atoms with Crippen molar-refractivity contribution < 1.29 is 0 Å². The predicted molar refractivity (Wildman–Crippen MR) is 61.8 cm³/mol. The van der Waals surface area contributed by atoms with Crippen LogP contribution in [0.25, 0.3) is 0 Å². The van der Waals surface area contributed by atoms with Gasteiger partial charge in [-0.1, -0.05) is 24.8 Å². The second-order valence-corrected chi connectivity index (χ2v) is 3.26. The molecule has 2 heteroatoms. The van der Waals surface area contributed by atoms with E-state index in [4.69, 9.17) is 5.73 Å². The van der Waals surface area contributed by atoms with Crippen LogP contribution in [-0.2, 0) is 0 Å². The van der Waals surface area contributed by atoms with Gasteiger partial charge in [0.05, 0.1) is 0 Å². The van der Waals surface area contributed by atoms with Crippen LogP contribution in [0.15, 0.2) is 47.7 Å². The molecule has 0 spiro atoms. The van der Waals surface area contributed by atoms with Crippen LogP contribution in [-0.4, -0.2) is 13.1 Å². The molecule has 2 nitrogen and oxygen atoms in total. The molecule has 0 radical (unpaired) electrons. The minimum absolute atomic E-state index is 0.802. The summed E-state index contributed by atoms with van der Waals surface area (Å²) in [5, 5.41) is 3.27. The van der Waals surface area contributed by atoms with Crippen molar-refractivity contribution in [3.8, 4) is 0 Å². The molecular formula is C12H18N2. The molecule has 76 valence electrons. The van der Waals surface area contributed by atoms with Crippen LogP contribution < -0.4 is 11.1 Å². The highest BCUT2D eigenvalue weighted by atomic mass is 14.8. The van der Waals surface area contributed by atoms with Crippen molar-refractivity contribution in [3.05, 3.63) is 47.7 Å². The Bertz CT molecular complexity index is 295. The molecule has 14 heavy (non-hydrogen) atoms. The Morgan fingerprint density at radius 1 is 1.64 bits per heavy atom. The van der Waals surface area contributed by atoms with Crippen molar-refractivity contribution in [1.82, 2.24) is 5.32 Å². The van der Waals surface area contributed by atoms with Gasteiger partial charge in [-0.3, -0.25) is 0 Å². The minimum atomic E-state index is 0.802. The molecule has 1 aliphatic rings. The monoisotopic (exact) mass is 190 g/mol. The van der Waals surface area contributed by atoms with E-state index in [-0.39, 0.29) is 0 Å². The van der Waals surface area contributed by atoms with Crippen molar-refractivity contribution >= 4 is 0 Å². The van der Waals surface area contributed by atoms with E-state index in [2.05, 4.69) is 18.0 Å². The summed E-state index contributed by atoms with van der Waals surface area (Å²) < 4.78 is 0. The highest BCUT2D eigenvalue weighted by Crippen LogP contribution is 2.19. The zero-order valence-corrected chi connectivity index (χ0v) is 8.72. The molecule has 0 aliphatic carbocycles. The lowest BCUT2D eigenvalue weighted by atomic mass is 9.98. The first-order valence-electron chi connectivity index (χ1n) is 4.94. The molecule has 0 fully saturated rings. The van der Waals surface area contributed by atoms with E-state index in [9.17, 15) is 0 Å². The summed E-state index contributed by atoms with van der Waals surface area (Å²) in [6.45, 7) is 7.72. The van der Waals surface area contributed by atoms with Crippen molar-refractivity contribution in [2.75, 3.05) is 13.1 Å². The first-order chi connectivity index (χ1) is 6.79. The topological polar surface area (TPSA) is 38.0 Å². The van der Waals surface area contributed by atoms with Crippen LogP contribution >= 0.6 is 0 Å². The maximum absolute atomic E-state index is 5.93. The largest absolute Gasteiger partial charge is 0.398 e. The summed E-state index contributed by atoms with van der Waals surface area (Å²) in [4.78, 5) is 0. The van der Waals surface area contributed by atoms with Crippen LogP contribution in [0.2, 0.25) is 0 Å². The fourth-order valence-electron chi connectivity index (χ4n) is 1.57. The van der Waals surface area contributed by atoms with Gasteiger partial charge in [-0.05, 0) is 37.1 Å². The van der Waals surface area contributed by atoms with Gasteiger partial charge in [-0.25, -0.2) is 0 Å². The van der Waals surface area contributed by atoms with Gasteiger partial charge in [-0.15, -0.1) is 0 Å². The lowest BCUT2D eigenvalue weighted by Crippen LogP contribution is -2.21. The Morgan fingerprint density at radius 2 is 2.43 bits per heavy atom. The van der Waals surface area contributed by atoms with Crippen molar-refractivity contribution in [1.29, 1.82) is 0 Å². The molecule has 1 heterocycles. The first-order valence-corrected chi connectivity index (χ1v) is 4.94. The Kier molecular flexibility index (Phi) is 4.20. The van der Waals surface area contributed by atoms with E-state index in [1.54, 1.807) is 0 Å². The van der Waals surface area contributed by atoms with Crippen LogP contribution in [0.4, 0.5) is 0 Å². The molecule has 0 aromatic rings. The van der Waals surface area contributed by atoms with Crippen LogP contribution in [0.3, 0.4) is 0 Å². The van der Waals surface area contributed by atoms with E-state index < -0.39 is 0 Å². The average Bonchev–Trinajstić information content (AvgIpc) is 2.21. The zero-order chi connectivity index (χ0) is 10.4. The summed E-state index contributed by atoms with van der Waals surface area (Å²) in [6.07, 6.45) is 8.91. The Balaban J connectivity index is 2.95. The second-order valence-electron chi connectivity index (χ2n) is 3.26. The molecule has 0 unspecified atom stereocenters. The second kappa shape index (κ2) is 5.45. The third-order valence-corrected chi connectivity index (χ3v) is 2.27. The standard InChI is InChI=1S/C12H18N2/c1-3-5-12(13)11(4-2)10-6-8-14-9-7-10/h3-6,14H,2,7-9,13H2,1H3/b5-3-,12-11-. The van der Waals surface area contributed by atoms with Gasteiger partial charge in [0, 0.05) is 12.2 Å². The van der Waals surface area contributed by atoms with Crippen LogP contribution in [0.5, 0.6) is 0 Å². The van der Waals surface area contributed by atoms with Gasteiger partial charge in [0.1, 0.15) is 0 Å². The van der Waals surface area contributed by atoms with Gasteiger partial charge >= 0.3 is 0 Å². The molecule has 0 atom stereocenters. The number of rotatable bonds is 3.